The number of rotatable bonds is 6. The predicted molar refractivity (Wildman–Crippen MR) is 83.8 cm³/mol. The lowest BCUT2D eigenvalue weighted by Gasteiger charge is -2.26. The van der Waals surface area contributed by atoms with E-state index < -0.39 is 12.0 Å². The summed E-state index contributed by atoms with van der Waals surface area (Å²) < 4.78 is 10.9. The van der Waals surface area contributed by atoms with Crippen LogP contribution in [0.4, 0.5) is 4.79 Å². The van der Waals surface area contributed by atoms with Crippen molar-refractivity contribution in [2.24, 2.45) is 5.92 Å². The predicted octanol–water partition coefficient (Wildman–Crippen LogP) is 3.16. The van der Waals surface area contributed by atoms with Gasteiger partial charge in [-0.1, -0.05) is 20.3 Å². The fourth-order valence-corrected chi connectivity index (χ4v) is 2.90. The number of hydrogen-bond acceptors (Lipinski definition) is 4. The molecule has 5 nitrogen and oxygen atoms in total. The van der Waals surface area contributed by atoms with E-state index in [1.54, 1.807) is 0 Å². The van der Waals surface area contributed by atoms with Crippen molar-refractivity contribution in [3.05, 3.63) is 11.6 Å². The van der Waals surface area contributed by atoms with E-state index in [4.69, 9.17) is 21.1 Å². The van der Waals surface area contributed by atoms with Gasteiger partial charge in [-0.3, -0.25) is 10.1 Å². The molecule has 1 saturated heterocycles. The Morgan fingerprint density at radius 3 is 2.86 bits per heavy atom. The molecule has 1 heterocycles. The van der Waals surface area contributed by atoms with Gasteiger partial charge in [0.25, 0.3) is 0 Å². The van der Waals surface area contributed by atoms with Gasteiger partial charge in [0.2, 0.25) is 5.91 Å². The Bertz CT molecular complexity index is 457. The summed E-state index contributed by atoms with van der Waals surface area (Å²) in [7, 11) is 0. The van der Waals surface area contributed by atoms with Crippen LogP contribution in [-0.2, 0) is 14.3 Å². The number of hydrogen-bond donors (Lipinski definition) is 1. The maximum Gasteiger partial charge on any atom is 0.414 e. The van der Waals surface area contributed by atoms with Crippen LogP contribution in [0.25, 0.3) is 0 Å². The lowest BCUT2D eigenvalue weighted by molar-refractivity contribution is -0.118. The van der Waals surface area contributed by atoms with E-state index in [9.17, 15) is 9.59 Å². The fourth-order valence-electron chi connectivity index (χ4n) is 2.83. The summed E-state index contributed by atoms with van der Waals surface area (Å²) in [5.74, 6) is -0.127. The summed E-state index contributed by atoms with van der Waals surface area (Å²) in [6.07, 6.45) is 5.80. The Morgan fingerprint density at radius 1 is 1.55 bits per heavy atom. The minimum absolute atomic E-state index is 0.0979. The highest BCUT2D eigenvalue weighted by Gasteiger charge is 2.50. The van der Waals surface area contributed by atoms with Crippen LogP contribution < -0.4 is 5.32 Å². The first-order valence-corrected chi connectivity index (χ1v) is 8.40. The summed E-state index contributed by atoms with van der Waals surface area (Å²) in [4.78, 5) is 22.7. The van der Waals surface area contributed by atoms with Gasteiger partial charge in [0, 0.05) is 0 Å². The molecule has 2 unspecified atom stereocenters. The van der Waals surface area contributed by atoms with Crippen molar-refractivity contribution in [1.29, 1.82) is 0 Å². The van der Waals surface area contributed by atoms with E-state index in [0.29, 0.717) is 5.92 Å². The van der Waals surface area contributed by atoms with E-state index in [-0.39, 0.29) is 17.6 Å². The lowest BCUT2D eigenvalue weighted by Crippen LogP contribution is -2.36. The second-order valence-corrected chi connectivity index (χ2v) is 6.69. The molecular formula is C16H24ClNO4. The summed E-state index contributed by atoms with van der Waals surface area (Å²) in [6, 6.07) is 0. The number of carbonyl (C=O) groups is 2. The standard InChI is InChI=1S/C16H24ClNO4/c1-11(2)4-3-5-12-8-13(6-7-16(12)10-21-16)22-15(20)18-14(19)9-17/h8,11,13H,3-7,9-10H2,1-2H3,(H,18,19,20). The zero-order valence-corrected chi connectivity index (χ0v) is 13.9. The molecule has 0 aromatic rings. The van der Waals surface area contributed by atoms with E-state index in [0.717, 1.165) is 32.3 Å². The molecule has 0 aromatic heterocycles. The lowest BCUT2D eigenvalue weighted by atomic mass is 9.83. The highest BCUT2D eigenvalue weighted by atomic mass is 35.5. The number of amides is 2. The topological polar surface area (TPSA) is 67.9 Å². The first-order chi connectivity index (χ1) is 10.4. The number of halogens is 1. The third-order valence-electron chi connectivity index (χ3n) is 4.15. The van der Waals surface area contributed by atoms with Crippen molar-refractivity contribution >= 4 is 23.6 Å². The third kappa shape index (κ3) is 4.71. The van der Waals surface area contributed by atoms with Gasteiger partial charge in [0.15, 0.2) is 0 Å². The van der Waals surface area contributed by atoms with Gasteiger partial charge in [-0.05, 0) is 43.3 Å². The Labute approximate surface area is 136 Å². The van der Waals surface area contributed by atoms with Crippen molar-refractivity contribution in [1.82, 2.24) is 5.32 Å². The molecule has 1 N–H and O–H groups in total. The Hall–Kier alpha value is -1.07. The molecule has 1 aliphatic heterocycles. The Morgan fingerprint density at radius 2 is 2.27 bits per heavy atom. The van der Waals surface area contributed by atoms with Gasteiger partial charge in [-0.15, -0.1) is 11.6 Å². The van der Waals surface area contributed by atoms with Gasteiger partial charge < -0.3 is 9.47 Å². The highest BCUT2D eigenvalue weighted by molar-refractivity contribution is 6.28. The SMILES string of the molecule is CC(C)CCCC1=CC(OC(=O)NC(=O)CCl)CCC12CO2. The van der Waals surface area contributed by atoms with E-state index in [1.807, 2.05) is 6.08 Å². The van der Waals surface area contributed by atoms with Crippen LogP contribution in [0, 0.1) is 5.92 Å². The number of ether oxygens (including phenoxy) is 2. The molecule has 2 atom stereocenters. The molecule has 2 rings (SSSR count). The highest BCUT2D eigenvalue weighted by Crippen LogP contribution is 2.45. The second-order valence-electron chi connectivity index (χ2n) is 6.43. The monoisotopic (exact) mass is 329 g/mol. The zero-order chi connectivity index (χ0) is 16.2. The summed E-state index contributed by atoms with van der Waals surface area (Å²) in [5, 5.41) is 2.09. The molecule has 2 aliphatic rings. The minimum Gasteiger partial charge on any atom is -0.442 e. The average molecular weight is 330 g/mol. The quantitative estimate of drug-likeness (QED) is 0.462. The van der Waals surface area contributed by atoms with Crippen LogP contribution in [-0.4, -0.2) is 36.2 Å². The molecule has 6 heteroatoms. The molecule has 0 radical (unpaired) electrons. The van der Waals surface area contributed by atoms with Crippen molar-refractivity contribution in [3.63, 3.8) is 0 Å². The van der Waals surface area contributed by atoms with Gasteiger partial charge in [-0.25, -0.2) is 4.79 Å². The van der Waals surface area contributed by atoms with Gasteiger partial charge >= 0.3 is 6.09 Å². The normalized spacial score (nSPS) is 26.7. The second kappa shape index (κ2) is 7.47. The molecule has 1 fully saturated rings. The molecule has 1 aliphatic carbocycles. The van der Waals surface area contributed by atoms with Crippen LogP contribution in [0.1, 0.15) is 46.0 Å². The van der Waals surface area contributed by atoms with E-state index in [2.05, 4.69) is 19.2 Å². The molecular weight excluding hydrogens is 306 g/mol. The van der Waals surface area contributed by atoms with Crippen molar-refractivity contribution < 1.29 is 19.1 Å². The van der Waals surface area contributed by atoms with E-state index in [1.165, 1.54) is 12.0 Å². The van der Waals surface area contributed by atoms with Gasteiger partial charge in [0.1, 0.15) is 17.6 Å². The largest absolute Gasteiger partial charge is 0.442 e. The van der Waals surface area contributed by atoms with Crippen molar-refractivity contribution in [2.75, 3.05) is 12.5 Å². The van der Waals surface area contributed by atoms with Crippen molar-refractivity contribution in [3.8, 4) is 0 Å². The Kier molecular flexibility index (Phi) is 5.87. The van der Waals surface area contributed by atoms with Gasteiger partial charge in [-0.2, -0.15) is 0 Å². The number of epoxide rings is 1. The third-order valence-corrected chi connectivity index (χ3v) is 4.39. The molecule has 22 heavy (non-hydrogen) atoms. The molecule has 1 spiro atoms. The Balaban J connectivity index is 1.89. The van der Waals surface area contributed by atoms with Crippen molar-refractivity contribution in [2.45, 2.75) is 57.7 Å². The molecule has 2 amide bonds. The molecule has 0 aromatic carbocycles. The van der Waals surface area contributed by atoms with Crippen LogP contribution >= 0.6 is 11.6 Å². The van der Waals surface area contributed by atoms with E-state index >= 15 is 0 Å². The first-order valence-electron chi connectivity index (χ1n) is 7.87. The average Bonchev–Trinajstić information content (AvgIpc) is 3.22. The summed E-state index contributed by atoms with van der Waals surface area (Å²) in [5.41, 5.74) is 1.14. The fraction of sp³-hybridized carbons (Fsp3) is 0.750. The summed E-state index contributed by atoms with van der Waals surface area (Å²) >= 11 is 5.34. The van der Waals surface area contributed by atoms with Crippen LogP contribution in [0.2, 0.25) is 0 Å². The van der Waals surface area contributed by atoms with Crippen LogP contribution in [0.5, 0.6) is 0 Å². The maximum atomic E-state index is 11.6. The van der Waals surface area contributed by atoms with Crippen LogP contribution in [0.3, 0.4) is 0 Å². The van der Waals surface area contributed by atoms with Crippen LogP contribution in [0.15, 0.2) is 11.6 Å². The zero-order valence-electron chi connectivity index (χ0n) is 13.2. The van der Waals surface area contributed by atoms with Gasteiger partial charge in [0.05, 0.1) is 6.61 Å². The maximum absolute atomic E-state index is 11.6. The smallest absolute Gasteiger partial charge is 0.414 e. The number of imide groups is 1. The number of nitrogens with one attached hydrogen (secondary N) is 1. The summed E-state index contributed by atoms with van der Waals surface area (Å²) in [6.45, 7) is 5.19. The molecule has 0 saturated carbocycles. The first kappa shape index (κ1) is 17.3. The molecule has 124 valence electrons. The number of alkyl carbamates (subject to hydrolysis) is 1. The number of carbonyl (C=O) groups excluding carboxylic acids is 2. The minimum atomic E-state index is -0.735. The number of alkyl halides is 1. The molecule has 0 bridgehead atoms.